The van der Waals surface area contributed by atoms with Crippen LogP contribution in [0.4, 0.5) is 5.69 Å². The molecule has 0 aromatic heterocycles. The molecule has 0 bridgehead atoms. The summed E-state index contributed by atoms with van der Waals surface area (Å²) in [6, 6.07) is 10.9. The molecule has 0 spiro atoms. The first-order valence-electron chi connectivity index (χ1n) is 7.68. The topological polar surface area (TPSA) is 89.8 Å². The molecule has 3 rings (SSSR count). The van der Waals surface area contributed by atoms with E-state index in [1.165, 1.54) is 16.4 Å². The highest BCUT2D eigenvalue weighted by atomic mass is 35.5. The van der Waals surface area contributed by atoms with Gasteiger partial charge in [-0.2, -0.15) is 4.31 Å². The molecular weight excluding hydrogens is 400 g/mol. The molecular formula is C16H15ClN2O5S2. The van der Waals surface area contributed by atoms with Gasteiger partial charge in [0.05, 0.1) is 33.0 Å². The number of hydrogen-bond acceptors (Lipinski definition) is 6. The van der Waals surface area contributed by atoms with Crippen molar-refractivity contribution in [2.24, 2.45) is 0 Å². The van der Waals surface area contributed by atoms with Gasteiger partial charge in [0.2, 0.25) is 10.0 Å². The van der Waals surface area contributed by atoms with Crippen molar-refractivity contribution >= 4 is 39.1 Å². The minimum absolute atomic E-state index is 0.102. The highest BCUT2D eigenvalue weighted by molar-refractivity contribution is 7.99. The minimum Gasteiger partial charge on any atom is -0.379 e. The Hall–Kier alpha value is -1.65. The Balaban J connectivity index is 1.97. The van der Waals surface area contributed by atoms with Gasteiger partial charge in [0, 0.05) is 24.1 Å². The molecule has 0 N–H and O–H groups in total. The van der Waals surface area contributed by atoms with Gasteiger partial charge < -0.3 is 4.74 Å². The van der Waals surface area contributed by atoms with Crippen molar-refractivity contribution in [1.82, 2.24) is 4.31 Å². The van der Waals surface area contributed by atoms with E-state index in [-0.39, 0.29) is 23.7 Å². The maximum absolute atomic E-state index is 12.7. The number of halogens is 1. The fraction of sp³-hybridized carbons (Fsp3) is 0.250. The fourth-order valence-corrected chi connectivity index (χ4v) is 5.07. The average molecular weight is 415 g/mol. The molecule has 0 aliphatic carbocycles. The lowest BCUT2D eigenvalue weighted by Gasteiger charge is -2.26. The zero-order chi connectivity index (χ0) is 18.7. The summed E-state index contributed by atoms with van der Waals surface area (Å²) >= 11 is 7.23. The second-order valence-corrected chi connectivity index (χ2v) is 8.86. The van der Waals surface area contributed by atoms with Crippen molar-refractivity contribution < 1.29 is 18.1 Å². The smallest absolute Gasteiger partial charge is 0.284 e. The summed E-state index contributed by atoms with van der Waals surface area (Å²) in [6.07, 6.45) is 0. The lowest BCUT2D eigenvalue weighted by Crippen LogP contribution is -2.40. The van der Waals surface area contributed by atoms with E-state index in [2.05, 4.69) is 0 Å². The Morgan fingerprint density at radius 2 is 1.81 bits per heavy atom. The molecule has 0 unspecified atom stereocenters. The number of rotatable bonds is 5. The summed E-state index contributed by atoms with van der Waals surface area (Å²) in [7, 11) is -3.80. The summed E-state index contributed by atoms with van der Waals surface area (Å²) in [4.78, 5) is 11.8. The number of hydrogen-bond donors (Lipinski definition) is 0. The van der Waals surface area contributed by atoms with Crippen LogP contribution in [0.3, 0.4) is 0 Å². The van der Waals surface area contributed by atoms with Crippen LogP contribution in [0.15, 0.2) is 57.2 Å². The fourth-order valence-electron chi connectivity index (χ4n) is 2.47. The van der Waals surface area contributed by atoms with E-state index in [1.54, 1.807) is 24.3 Å². The highest BCUT2D eigenvalue weighted by Gasteiger charge is 2.29. The molecule has 26 heavy (non-hydrogen) atoms. The normalized spacial score (nSPS) is 15.7. The monoisotopic (exact) mass is 414 g/mol. The number of sulfonamides is 1. The molecule has 1 aliphatic heterocycles. The first-order chi connectivity index (χ1) is 12.4. The quantitative estimate of drug-likeness (QED) is 0.550. The zero-order valence-corrected chi connectivity index (χ0v) is 15.9. The first-order valence-corrected chi connectivity index (χ1v) is 10.3. The predicted octanol–water partition coefficient (Wildman–Crippen LogP) is 3.42. The minimum atomic E-state index is -3.80. The summed E-state index contributed by atoms with van der Waals surface area (Å²) in [5.41, 5.74) is -0.274. The number of benzene rings is 2. The largest absolute Gasteiger partial charge is 0.379 e. The molecule has 0 atom stereocenters. The molecule has 1 aliphatic rings. The lowest BCUT2D eigenvalue weighted by atomic mass is 10.3. The second-order valence-electron chi connectivity index (χ2n) is 5.44. The SMILES string of the molecule is O=[N+]([O-])c1cc(S(=O)(=O)N2CCOCC2)ccc1Sc1ccccc1Cl. The summed E-state index contributed by atoms with van der Waals surface area (Å²) in [6.45, 7) is 1.07. The molecule has 7 nitrogen and oxygen atoms in total. The van der Waals surface area contributed by atoms with Crippen molar-refractivity contribution in [3.8, 4) is 0 Å². The van der Waals surface area contributed by atoms with Crippen LogP contribution in [0.1, 0.15) is 0 Å². The number of morpholine rings is 1. The molecule has 2 aromatic rings. The van der Waals surface area contributed by atoms with E-state index in [9.17, 15) is 18.5 Å². The van der Waals surface area contributed by atoms with Gasteiger partial charge in [-0.15, -0.1) is 0 Å². The Morgan fingerprint density at radius 1 is 1.12 bits per heavy atom. The van der Waals surface area contributed by atoms with Gasteiger partial charge in [-0.1, -0.05) is 35.5 Å². The summed E-state index contributed by atoms with van der Waals surface area (Å²) in [5, 5.41) is 12.0. The van der Waals surface area contributed by atoms with Crippen molar-refractivity contribution in [2.45, 2.75) is 14.7 Å². The van der Waals surface area contributed by atoms with E-state index in [0.717, 1.165) is 17.8 Å². The standard InChI is InChI=1S/C16H15ClN2O5S2/c17-13-3-1-2-4-15(13)25-16-6-5-12(11-14(16)19(20)21)26(22,23)18-7-9-24-10-8-18/h1-6,11H,7-10H2. The number of ether oxygens (including phenoxy) is 1. The van der Waals surface area contributed by atoms with Gasteiger partial charge in [-0.05, 0) is 24.3 Å². The van der Waals surface area contributed by atoms with Crippen LogP contribution in [-0.4, -0.2) is 43.9 Å². The van der Waals surface area contributed by atoms with Gasteiger partial charge >= 0.3 is 0 Å². The highest BCUT2D eigenvalue weighted by Crippen LogP contribution is 2.39. The van der Waals surface area contributed by atoms with Gasteiger partial charge in [0.25, 0.3) is 5.69 Å². The van der Waals surface area contributed by atoms with E-state index < -0.39 is 14.9 Å². The summed E-state index contributed by atoms with van der Waals surface area (Å²) in [5.74, 6) is 0. The Kier molecular flexibility index (Phi) is 5.83. The third-order valence-electron chi connectivity index (χ3n) is 3.79. The van der Waals surface area contributed by atoms with Crippen LogP contribution < -0.4 is 0 Å². The van der Waals surface area contributed by atoms with E-state index in [1.807, 2.05) is 0 Å². The van der Waals surface area contributed by atoms with E-state index in [4.69, 9.17) is 16.3 Å². The Labute approximate surface area is 160 Å². The van der Waals surface area contributed by atoms with Gasteiger partial charge in [0.15, 0.2) is 0 Å². The Morgan fingerprint density at radius 3 is 2.46 bits per heavy atom. The molecule has 0 amide bonds. The number of nitrogens with zero attached hydrogens (tertiary/aromatic N) is 2. The predicted molar refractivity (Wildman–Crippen MR) is 98.2 cm³/mol. The van der Waals surface area contributed by atoms with Crippen LogP contribution >= 0.6 is 23.4 Å². The van der Waals surface area contributed by atoms with Gasteiger partial charge in [-0.25, -0.2) is 8.42 Å². The van der Waals surface area contributed by atoms with Crippen LogP contribution in [-0.2, 0) is 14.8 Å². The summed E-state index contributed by atoms with van der Waals surface area (Å²) < 4.78 is 31.8. The second kappa shape index (κ2) is 7.93. The third kappa shape index (κ3) is 4.02. The molecule has 0 radical (unpaired) electrons. The van der Waals surface area contributed by atoms with Crippen molar-refractivity contribution in [2.75, 3.05) is 26.3 Å². The number of nitro groups is 1. The first kappa shape index (κ1) is 19.1. The molecule has 2 aromatic carbocycles. The molecule has 1 fully saturated rings. The van der Waals surface area contributed by atoms with Crippen LogP contribution in [0, 0.1) is 10.1 Å². The third-order valence-corrected chi connectivity index (χ3v) is 7.27. The maximum Gasteiger partial charge on any atom is 0.284 e. The van der Waals surface area contributed by atoms with Gasteiger partial charge in [-0.3, -0.25) is 10.1 Å². The molecule has 1 saturated heterocycles. The molecule has 1 heterocycles. The molecule has 10 heteroatoms. The average Bonchev–Trinajstić information content (AvgIpc) is 2.64. The van der Waals surface area contributed by atoms with Crippen molar-refractivity contribution in [3.63, 3.8) is 0 Å². The lowest BCUT2D eigenvalue weighted by molar-refractivity contribution is -0.388. The van der Waals surface area contributed by atoms with E-state index >= 15 is 0 Å². The number of nitro benzene ring substituents is 1. The van der Waals surface area contributed by atoms with Crippen molar-refractivity contribution in [3.05, 3.63) is 57.6 Å². The van der Waals surface area contributed by atoms with Crippen molar-refractivity contribution in [1.29, 1.82) is 0 Å². The van der Waals surface area contributed by atoms with E-state index in [0.29, 0.717) is 28.0 Å². The molecule has 0 saturated carbocycles. The zero-order valence-electron chi connectivity index (χ0n) is 13.5. The van der Waals surface area contributed by atoms with Crippen LogP contribution in [0.5, 0.6) is 0 Å². The van der Waals surface area contributed by atoms with Gasteiger partial charge in [0.1, 0.15) is 0 Å². The van der Waals surface area contributed by atoms with Crippen LogP contribution in [0.2, 0.25) is 5.02 Å². The Bertz CT molecular complexity index is 930. The molecule has 138 valence electrons. The maximum atomic E-state index is 12.7. The van der Waals surface area contributed by atoms with Crippen LogP contribution in [0.25, 0.3) is 0 Å².